The van der Waals surface area contributed by atoms with E-state index in [1.807, 2.05) is 0 Å². The lowest BCUT2D eigenvalue weighted by atomic mass is 10.0. The lowest BCUT2D eigenvalue weighted by Crippen LogP contribution is -2.30. The van der Waals surface area contributed by atoms with Crippen molar-refractivity contribution in [2.75, 3.05) is 11.9 Å². The Kier molecular flexibility index (Phi) is 3.53. The molecule has 0 amide bonds. The standard InChI is InChI=1S/C11H18N6/c1-7(2)3-8(12)4-13-10-9-11(15-5-14-9)17-6-16-10/h5-8H,3-4,12H2,1-2H3,(H2,13,14,15,16,17). The molecule has 0 saturated carbocycles. The molecule has 2 aromatic rings. The monoisotopic (exact) mass is 234 g/mol. The number of nitrogens with one attached hydrogen (secondary N) is 2. The van der Waals surface area contributed by atoms with E-state index in [1.165, 1.54) is 6.33 Å². The van der Waals surface area contributed by atoms with Gasteiger partial charge in [0.1, 0.15) is 11.8 Å². The number of H-pyrrole nitrogens is 1. The minimum absolute atomic E-state index is 0.128. The average molecular weight is 234 g/mol. The highest BCUT2D eigenvalue weighted by Crippen LogP contribution is 2.14. The molecule has 0 saturated heterocycles. The number of aromatic amines is 1. The van der Waals surface area contributed by atoms with Crippen molar-refractivity contribution in [1.29, 1.82) is 0 Å². The van der Waals surface area contributed by atoms with Crippen LogP contribution in [0.3, 0.4) is 0 Å². The number of aromatic nitrogens is 4. The molecule has 92 valence electrons. The van der Waals surface area contributed by atoms with Gasteiger partial charge in [0.15, 0.2) is 11.5 Å². The van der Waals surface area contributed by atoms with Crippen molar-refractivity contribution in [2.45, 2.75) is 26.3 Å². The van der Waals surface area contributed by atoms with Crippen molar-refractivity contribution in [1.82, 2.24) is 19.9 Å². The van der Waals surface area contributed by atoms with Crippen LogP contribution in [-0.4, -0.2) is 32.5 Å². The van der Waals surface area contributed by atoms with Crippen LogP contribution in [0.25, 0.3) is 11.2 Å². The number of hydrogen-bond acceptors (Lipinski definition) is 5. The maximum atomic E-state index is 6.01. The van der Waals surface area contributed by atoms with Gasteiger partial charge < -0.3 is 16.0 Å². The predicted octanol–water partition coefficient (Wildman–Crippen LogP) is 1.14. The second kappa shape index (κ2) is 5.09. The summed E-state index contributed by atoms with van der Waals surface area (Å²) in [5, 5.41) is 3.23. The number of anilines is 1. The molecular formula is C11H18N6. The topological polar surface area (TPSA) is 92.5 Å². The van der Waals surface area contributed by atoms with Gasteiger partial charge in [0.2, 0.25) is 0 Å². The Morgan fingerprint density at radius 1 is 1.35 bits per heavy atom. The molecule has 4 N–H and O–H groups in total. The van der Waals surface area contributed by atoms with Gasteiger partial charge in [-0.1, -0.05) is 13.8 Å². The van der Waals surface area contributed by atoms with Gasteiger partial charge in [-0.3, -0.25) is 0 Å². The van der Waals surface area contributed by atoms with Gasteiger partial charge in [0, 0.05) is 12.6 Å². The normalized spacial score (nSPS) is 13.2. The van der Waals surface area contributed by atoms with Crippen LogP contribution in [-0.2, 0) is 0 Å². The highest BCUT2D eigenvalue weighted by atomic mass is 15.1. The quantitative estimate of drug-likeness (QED) is 0.721. The number of hydrogen-bond donors (Lipinski definition) is 3. The molecule has 0 aliphatic carbocycles. The van der Waals surface area contributed by atoms with Gasteiger partial charge in [-0.15, -0.1) is 0 Å². The fourth-order valence-corrected chi connectivity index (χ4v) is 1.82. The molecule has 0 spiro atoms. The predicted molar refractivity (Wildman–Crippen MR) is 67.6 cm³/mol. The Balaban J connectivity index is 2.01. The van der Waals surface area contributed by atoms with Crippen molar-refractivity contribution in [3.63, 3.8) is 0 Å². The van der Waals surface area contributed by atoms with Crippen LogP contribution in [0.4, 0.5) is 5.82 Å². The summed E-state index contributed by atoms with van der Waals surface area (Å²) < 4.78 is 0. The van der Waals surface area contributed by atoms with E-state index in [1.54, 1.807) is 6.33 Å². The number of imidazole rings is 1. The molecule has 0 aromatic carbocycles. The zero-order valence-electron chi connectivity index (χ0n) is 10.1. The third-order valence-corrected chi connectivity index (χ3v) is 2.53. The van der Waals surface area contributed by atoms with Gasteiger partial charge >= 0.3 is 0 Å². The summed E-state index contributed by atoms with van der Waals surface area (Å²) in [7, 11) is 0. The first-order chi connectivity index (χ1) is 8.16. The Hall–Kier alpha value is -1.69. The Bertz CT molecular complexity index is 478. The first-order valence-electron chi connectivity index (χ1n) is 5.80. The Morgan fingerprint density at radius 2 is 2.18 bits per heavy atom. The maximum absolute atomic E-state index is 6.01. The van der Waals surface area contributed by atoms with Crippen LogP contribution in [0.15, 0.2) is 12.7 Å². The van der Waals surface area contributed by atoms with Crippen molar-refractivity contribution >= 4 is 17.0 Å². The molecule has 0 radical (unpaired) electrons. The number of nitrogens with two attached hydrogens (primary N) is 1. The molecule has 1 unspecified atom stereocenters. The molecule has 0 aliphatic heterocycles. The molecule has 0 bridgehead atoms. The maximum Gasteiger partial charge on any atom is 0.182 e. The van der Waals surface area contributed by atoms with Crippen molar-refractivity contribution in [2.24, 2.45) is 11.7 Å². The average Bonchev–Trinajstić information content (AvgIpc) is 2.73. The molecule has 0 fully saturated rings. The van der Waals surface area contributed by atoms with E-state index < -0.39 is 0 Å². The van der Waals surface area contributed by atoms with E-state index in [0.29, 0.717) is 18.1 Å². The molecule has 6 heteroatoms. The summed E-state index contributed by atoms with van der Waals surface area (Å²) >= 11 is 0. The SMILES string of the molecule is CC(C)CC(N)CNc1ncnc2nc[nH]c12. The van der Waals surface area contributed by atoms with Crippen LogP contribution in [0.2, 0.25) is 0 Å². The molecule has 2 rings (SSSR count). The number of rotatable bonds is 5. The van der Waals surface area contributed by atoms with E-state index >= 15 is 0 Å². The van der Waals surface area contributed by atoms with Crippen LogP contribution >= 0.6 is 0 Å². The van der Waals surface area contributed by atoms with Crippen LogP contribution in [0, 0.1) is 5.92 Å². The van der Waals surface area contributed by atoms with E-state index in [-0.39, 0.29) is 6.04 Å². The van der Waals surface area contributed by atoms with E-state index in [0.717, 1.165) is 17.8 Å². The second-order valence-electron chi connectivity index (χ2n) is 4.59. The fraction of sp³-hybridized carbons (Fsp3) is 0.545. The lowest BCUT2D eigenvalue weighted by Gasteiger charge is -2.15. The van der Waals surface area contributed by atoms with Crippen molar-refractivity contribution in [3.8, 4) is 0 Å². The zero-order chi connectivity index (χ0) is 12.3. The van der Waals surface area contributed by atoms with Crippen LogP contribution in [0.1, 0.15) is 20.3 Å². The summed E-state index contributed by atoms with van der Waals surface area (Å²) in [5.74, 6) is 1.36. The zero-order valence-corrected chi connectivity index (χ0v) is 10.1. The first kappa shape index (κ1) is 11.8. The van der Waals surface area contributed by atoms with E-state index in [9.17, 15) is 0 Å². The van der Waals surface area contributed by atoms with Gasteiger partial charge in [0.05, 0.1) is 6.33 Å². The smallest absolute Gasteiger partial charge is 0.182 e. The van der Waals surface area contributed by atoms with Gasteiger partial charge in [-0.05, 0) is 12.3 Å². The second-order valence-corrected chi connectivity index (χ2v) is 4.59. The van der Waals surface area contributed by atoms with Crippen molar-refractivity contribution in [3.05, 3.63) is 12.7 Å². The van der Waals surface area contributed by atoms with E-state index in [2.05, 4.69) is 39.1 Å². The Morgan fingerprint density at radius 3 is 2.94 bits per heavy atom. The molecule has 17 heavy (non-hydrogen) atoms. The summed E-state index contributed by atoms with van der Waals surface area (Å²) in [6.45, 7) is 5.03. The fourth-order valence-electron chi connectivity index (χ4n) is 1.82. The highest BCUT2D eigenvalue weighted by Gasteiger charge is 2.08. The summed E-state index contributed by atoms with van der Waals surface area (Å²) in [4.78, 5) is 15.3. The molecular weight excluding hydrogens is 216 g/mol. The largest absolute Gasteiger partial charge is 0.367 e. The molecule has 0 aliphatic rings. The highest BCUT2D eigenvalue weighted by molar-refractivity contribution is 5.81. The number of nitrogens with zero attached hydrogens (tertiary/aromatic N) is 3. The summed E-state index contributed by atoms with van der Waals surface area (Å²) in [6, 6.07) is 0.128. The van der Waals surface area contributed by atoms with E-state index in [4.69, 9.17) is 5.73 Å². The van der Waals surface area contributed by atoms with Crippen molar-refractivity contribution < 1.29 is 0 Å². The lowest BCUT2D eigenvalue weighted by molar-refractivity contribution is 0.508. The summed E-state index contributed by atoms with van der Waals surface area (Å²) in [5.41, 5.74) is 7.50. The van der Waals surface area contributed by atoms with Crippen LogP contribution in [0.5, 0.6) is 0 Å². The molecule has 1 atom stereocenters. The number of fused-ring (bicyclic) bond motifs is 1. The third-order valence-electron chi connectivity index (χ3n) is 2.53. The van der Waals surface area contributed by atoms with Gasteiger partial charge in [-0.25, -0.2) is 15.0 Å². The minimum atomic E-state index is 0.128. The molecule has 2 heterocycles. The van der Waals surface area contributed by atoms with Crippen LogP contribution < -0.4 is 11.1 Å². The first-order valence-corrected chi connectivity index (χ1v) is 5.80. The molecule has 6 nitrogen and oxygen atoms in total. The van der Waals surface area contributed by atoms with Gasteiger partial charge in [0.25, 0.3) is 0 Å². The Labute approximate surface area is 100 Å². The summed E-state index contributed by atoms with van der Waals surface area (Å²) in [6.07, 6.45) is 4.10. The van der Waals surface area contributed by atoms with Gasteiger partial charge in [-0.2, -0.15) is 0 Å². The molecule has 2 aromatic heterocycles. The minimum Gasteiger partial charge on any atom is -0.367 e. The third kappa shape index (κ3) is 2.91.